The average molecular weight is 432 g/mol. The van der Waals surface area contributed by atoms with E-state index in [2.05, 4.69) is 94.6 Å². The quantitative estimate of drug-likeness (QED) is 0.286. The summed E-state index contributed by atoms with van der Waals surface area (Å²) in [5.74, 6) is 2.49. The Morgan fingerprint density at radius 2 is 1.66 bits per heavy atom. The Labute approximate surface area is 195 Å². The highest BCUT2D eigenvalue weighted by molar-refractivity contribution is 5.61. The second-order valence-corrected chi connectivity index (χ2v) is 10.0. The fourth-order valence-corrected chi connectivity index (χ4v) is 4.59. The summed E-state index contributed by atoms with van der Waals surface area (Å²) in [5, 5.41) is 9.57. The van der Waals surface area contributed by atoms with Crippen molar-refractivity contribution in [1.82, 2.24) is 14.8 Å². The molecular weight excluding hydrogens is 390 g/mol. The van der Waals surface area contributed by atoms with E-state index in [1.54, 1.807) is 0 Å². The molecule has 0 bridgehead atoms. The predicted molar refractivity (Wildman–Crippen MR) is 137 cm³/mol. The Balaban J connectivity index is 2.16. The summed E-state index contributed by atoms with van der Waals surface area (Å²) in [6.07, 6.45) is 8.36. The number of aromatic nitrogens is 3. The van der Waals surface area contributed by atoms with Crippen LogP contribution in [-0.2, 0) is 11.8 Å². The summed E-state index contributed by atoms with van der Waals surface area (Å²) in [6.45, 7) is 13.6. The molecule has 0 fully saturated rings. The van der Waals surface area contributed by atoms with Gasteiger partial charge in [0.1, 0.15) is 5.82 Å². The predicted octanol–water partition coefficient (Wildman–Crippen LogP) is 8.26. The second kappa shape index (κ2) is 10.9. The van der Waals surface area contributed by atoms with Gasteiger partial charge in [0.25, 0.3) is 0 Å². The number of rotatable bonds is 11. The van der Waals surface area contributed by atoms with Gasteiger partial charge < -0.3 is 0 Å². The maximum atomic E-state index is 4.80. The van der Waals surface area contributed by atoms with Gasteiger partial charge in [0.2, 0.25) is 0 Å². The number of benzene rings is 2. The van der Waals surface area contributed by atoms with Crippen molar-refractivity contribution in [2.45, 2.75) is 97.8 Å². The number of hydrogen-bond acceptors (Lipinski definition) is 2. The number of nitrogens with zero attached hydrogens (tertiary/aromatic N) is 3. The summed E-state index contributed by atoms with van der Waals surface area (Å²) >= 11 is 0. The molecule has 3 rings (SSSR count). The first kappa shape index (κ1) is 24.2. The first-order valence-corrected chi connectivity index (χ1v) is 12.5. The van der Waals surface area contributed by atoms with Gasteiger partial charge in [-0.3, -0.25) is 4.57 Å². The third kappa shape index (κ3) is 5.49. The Bertz CT molecular complexity index is 997. The van der Waals surface area contributed by atoms with Crippen molar-refractivity contribution in [3.8, 4) is 17.1 Å². The highest BCUT2D eigenvalue weighted by Gasteiger charge is 2.29. The molecule has 0 N–H and O–H groups in total. The molecule has 32 heavy (non-hydrogen) atoms. The van der Waals surface area contributed by atoms with Crippen molar-refractivity contribution < 1.29 is 0 Å². The molecule has 0 aliphatic carbocycles. The van der Waals surface area contributed by atoms with E-state index < -0.39 is 0 Å². The zero-order valence-corrected chi connectivity index (χ0v) is 21.0. The van der Waals surface area contributed by atoms with Crippen LogP contribution in [0.15, 0.2) is 48.5 Å². The molecule has 2 aromatic carbocycles. The van der Waals surface area contributed by atoms with Crippen LogP contribution >= 0.6 is 0 Å². The van der Waals surface area contributed by atoms with E-state index in [1.807, 2.05) is 0 Å². The number of hydrogen-bond donors (Lipinski definition) is 0. The molecule has 3 aromatic rings. The zero-order chi connectivity index (χ0) is 23.1. The Morgan fingerprint density at radius 1 is 0.875 bits per heavy atom. The topological polar surface area (TPSA) is 30.7 Å². The fraction of sp³-hybridized carbons (Fsp3) is 0.517. The van der Waals surface area contributed by atoms with Crippen molar-refractivity contribution in [3.63, 3.8) is 0 Å². The Hall–Kier alpha value is -2.42. The van der Waals surface area contributed by atoms with E-state index in [0.717, 1.165) is 36.5 Å². The lowest BCUT2D eigenvalue weighted by Gasteiger charge is -2.25. The average Bonchev–Trinajstić information content (AvgIpc) is 3.23. The van der Waals surface area contributed by atoms with Gasteiger partial charge in [-0.05, 0) is 48.4 Å². The largest absolute Gasteiger partial charge is 0.278 e. The minimum Gasteiger partial charge on any atom is -0.278 e. The summed E-state index contributed by atoms with van der Waals surface area (Å²) in [4.78, 5) is 0. The van der Waals surface area contributed by atoms with Crippen molar-refractivity contribution in [1.29, 1.82) is 0 Å². The van der Waals surface area contributed by atoms with Gasteiger partial charge >= 0.3 is 0 Å². The molecule has 0 unspecified atom stereocenters. The fourth-order valence-electron chi connectivity index (χ4n) is 4.59. The van der Waals surface area contributed by atoms with Crippen LogP contribution in [0.3, 0.4) is 0 Å². The highest BCUT2D eigenvalue weighted by atomic mass is 15.3. The highest BCUT2D eigenvalue weighted by Crippen LogP contribution is 2.34. The van der Waals surface area contributed by atoms with Crippen LogP contribution in [0.5, 0.6) is 0 Å². The molecule has 1 aromatic heterocycles. The molecule has 3 heteroatoms. The lowest BCUT2D eigenvalue weighted by molar-refractivity contribution is 0.437. The van der Waals surface area contributed by atoms with Crippen LogP contribution in [0.2, 0.25) is 0 Å². The van der Waals surface area contributed by atoms with Crippen LogP contribution in [0.1, 0.15) is 103 Å². The van der Waals surface area contributed by atoms with Gasteiger partial charge in [0.15, 0.2) is 5.82 Å². The molecule has 0 amide bonds. The van der Waals surface area contributed by atoms with Crippen LogP contribution < -0.4 is 0 Å². The summed E-state index contributed by atoms with van der Waals surface area (Å²) < 4.78 is 2.35. The molecule has 0 saturated heterocycles. The monoisotopic (exact) mass is 431 g/mol. The zero-order valence-electron chi connectivity index (χ0n) is 21.0. The first-order valence-electron chi connectivity index (χ1n) is 12.5. The molecule has 0 spiro atoms. The molecule has 0 aliphatic rings. The normalized spacial score (nSPS) is 12.0. The van der Waals surface area contributed by atoms with Crippen molar-refractivity contribution >= 4 is 0 Å². The maximum Gasteiger partial charge on any atom is 0.168 e. The van der Waals surface area contributed by atoms with Gasteiger partial charge in [0.05, 0.1) is 5.69 Å². The maximum absolute atomic E-state index is 4.80. The van der Waals surface area contributed by atoms with Crippen molar-refractivity contribution in [2.75, 3.05) is 0 Å². The van der Waals surface area contributed by atoms with E-state index in [4.69, 9.17) is 10.2 Å². The lowest BCUT2D eigenvalue weighted by Crippen LogP contribution is -2.23. The van der Waals surface area contributed by atoms with Gasteiger partial charge in [-0.1, -0.05) is 104 Å². The Kier molecular flexibility index (Phi) is 8.28. The van der Waals surface area contributed by atoms with E-state index >= 15 is 0 Å². The van der Waals surface area contributed by atoms with E-state index in [0.29, 0.717) is 5.92 Å². The van der Waals surface area contributed by atoms with Crippen molar-refractivity contribution in [3.05, 3.63) is 65.5 Å². The van der Waals surface area contributed by atoms with E-state index in [-0.39, 0.29) is 5.41 Å². The third-order valence-corrected chi connectivity index (χ3v) is 6.49. The molecule has 0 radical (unpaired) electrons. The van der Waals surface area contributed by atoms with Crippen LogP contribution in [0.4, 0.5) is 0 Å². The molecular formula is C29H41N3. The number of unbranched alkanes of at least 4 members (excludes halogenated alkanes) is 3. The van der Waals surface area contributed by atoms with E-state index in [9.17, 15) is 0 Å². The standard InChI is InChI=1S/C29H41N3/c1-7-9-10-11-15-23-16-12-13-19-26(23)32-27(25-18-14-17-24(21-25)22(3)4)30-31-28(32)29(5,6)20-8-2/h12-14,16-19,21-22H,7-11,15,20H2,1-6H3. The smallest absolute Gasteiger partial charge is 0.168 e. The van der Waals surface area contributed by atoms with Gasteiger partial charge in [0, 0.05) is 11.0 Å². The van der Waals surface area contributed by atoms with Gasteiger partial charge in [-0.15, -0.1) is 10.2 Å². The van der Waals surface area contributed by atoms with Crippen LogP contribution in [-0.4, -0.2) is 14.8 Å². The van der Waals surface area contributed by atoms with E-state index in [1.165, 1.54) is 42.5 Å². The van der Waals surface area contributed by atoms with Crippen molar-refractivity contribution in [2.24, 2.45) is 0 Å². The minimum atomic E-state index is -0.0506. The van der Waals surface area contributed by atoms with Crippen LogP contribution in [0.25, 0.3) is 17.1 Å². The van der Waals surface area contributed by atoms with Gasteiger partial charge in [-0.2, -0.15) is 0 Å². The number of aryl methyl sites for hydroxylation is 1. The second-order valence-electron chi connectivity index (χ2n) is 10.0. The molecule has 1 heterocycles. The minimum absolute atomic E-state index is 0.0506. The first-order chi connectivity index (χ1) is 15.4. The third-order valence-electron chi connectivity index (χ3n) is 6.49. The molecule has 0 aliphatic heterocycles. The summed E-state index contributed by atoms with van der Waals surface area (Å²) in [6, 6.07) is 17.7. The van der Waals surface area contributed by atoms with Gasteiger partial charge in [-0.25, -0.2) is 0 Å². The molecule has 0 atom stereocenters. The molecule has 172 valence electrons. The molecule has 3 nitrogen and oxygen atoms in total. The SMILES string of the molecule is CCCCCCc1ccccc1-n1c(-c2cccc(C(C)C)c2)nnc1C(C)(C)CCC. The lowest BCUT2D eigenvalue weighted by atomic mass is 9.86. The Morgan fingerprint density at radius 3 is 2.38 bits per heavy atom. The molecule has 0 saturated carbocycles. The summed E-state index contributed by atoms with van der Waals surface area (Å²) in [7, 11) is 0. The number of para-hydroxylation sites is 1. The summed E-state index contributed by atoms with van der Waals surface area (Å²) in [5.41, 5.74) is 5.05. The van der Waals surface area contributed by atoms with Crippen LogP contribution in [0, 0.1) is 0 Å².